The average Bonchev–Trinajstić information content (AvgIpc) is 2.48. The minimum Gasteiger partial charge on any atom is -0.371 e. The van der Waals surface area contributed by atoms with Gasteiger partial charge in [0.2, 0.25) is 11.8 Å². The summed E-state index contributed by atoms with van der Waals surface area (Å²) in [6.45, 7) is 9.30. The number of hydrogen-bond donors (Lipinski definition) is 1. The lowest BCUT2D eigenvalue weighted by Gasteiger charge is -2.51. The standard InChI is InChI=1S/C18H30N2O3/c1-17(2)11-23-18(3,4)10-20(17)16(22)13-9-15(21)19-14-8-6-5-7-12(13)14/h12-14H,5-11H2,1-4H3,(H,19,21). The van der Waals surface area contributed by atoms with E-state index in [0.29, 0.717) is 25.5 Å². The highest BCUT2D eigenvalue weighted by molar-refractivity contribution is 5.88. The second kappa shape index (κ2) is 5.76. The zero-order chi connectivity index (χ0) is 16.8. The van der Waals surface area contributed by atoms with E-state index in [1.54, 1.807) is 0 Å². The Morgan fingerprint density at radius 1 is 1.22 bits per heavy atom. The Morgan fingerprint density at radius 2 is 1.91 bits per heavy atom. The van der Waals surface area contributed by atoms with Crippen LogP contribution in [0.2, 0.25) is 0 Å². The molecule has 3 rings (SSSR count). The van der Waals surface area contributed by atoms with Gasteiger partial charge in [-0.15, -0.1) is 0 Å². The fourth-order valence-corrected chi connectivity index (χ4v) is 4.37. The van der Waals surface area contributed by atoms with Gasteiger partial charge in [-0.1, -0.05) is 12.8 Å². The van der Waals surface area contributed by atoms with Gasteiger partial charge in [-0.2, -0.15) is 0 Å². The molecule has 0 aromatic heterocycles. The van der Waals surface area contributed by atoms with Crippen LogP contribution in [0.1, 0.15) is 59.8 Å². The Kier molecular flexibility index (Phi) is 4.20. The van der Waals surface area contributed by atoms with E-state index in [0.717, 1.165) is 19.3 Å². The molecular formula is C18H30N2O3. The second-order valence-electron chi connectivity index (χ2n) is 8.72. The summed E-state index contributed by atoms with van der Waals surface area (Å²) in [6.07, 6.45) is 4.72. The van der Waals surface area contributed by atoms with Crippen molar-refractivity contribution in [1.82, 2.24) is 10.2 Å². The van der Waals surface area contributed by atoms with Crippen molar-refractivity contribution < 1.29 is 14.3 Å². The molecule has 2 heterocycles. The molecule has 0 bridgehead atoms. The van der Waals surface area contributed by atoms with Gasteiger partial charge >= 0.3 is 0 Å². The number of hydrogen-bond acceptors (Lipinski definition) is 3. The van der Waals surface area contributed by atoms with Crippen molar-refractivity contribution in [3.05, 3.63) is 0 Å². The van der Waals surface area contributed by atoms with Gasteiger partial charge in [-0.3, -0.25) is 9.59 Å². The quantitative estimate of drug-likeness (QED) is 0.804. The van der Waals surface area contributed by atoms with Crippen molar-refractivity contribution >= 4 is 11.8 Å². The van der Waals surface area contributed by atoms with Crippen LogP contribution in [-0.2, 0) is 14.3 Å². The highest BCUT2D eigenvalue weighted by atomic mass is 16.5. The van der Waals surface area contributed by atoms with Gasteiger partial charge in [0.05, 0.1) is 23.7 Å². The van der Waals surface area contributed by atoms with Crippen molar-refractivity contribution in [2.24, 2.45) is 11.8 Å². The maximum Gasteiger partial charge on any atom is 0.227 e. The van der Waals surface area contributed by atoms with Gasteiger partial charge in [0, 0.05) is 19.0 Å². The SMILES string of the molecule is CC1(C)CN(C(=O)C2CC(=O)NC3CCCCC32)C(C)(C)CO1. The summed E-state index contributed by atoms with van der Waals surface area (Å²) in [6, 6.07) is 0.191. The molecule has 2 amide bonds. The topological polar surface area (TPSA) is 58.6 Å². The van der Waals surface area contributed by atoms with Crippen LogP contribution in [0.15, 0.2) is 0 Å². The average molecular weight is 322 g/mol. The number of piperidine rings is 1. The number of ether oxygens (including phenoxy) is 1. The molecule has 130 valence electrons. The molecule has 5 heteroatoms. The zero-order valence-corrected chi connectivity index (χ0v) is 14.9. The van der Waals surface area contributed by atoms with Gasteiger partial charge in [0.1, 0.15) is 0 Å². The molecule has 0 aromatic carbocycles. The van der Waals surface area contributed by atoms with E-state index in [-0.39, 0.29) is 34.9 Å². The Hall–Kier alpha value is -1.10. The smallest absolute Gasteiger partial charge is 0.227 e. The fraction of sp³-hybridized carbons (Fsp3) is 0.889. The molecule has 5 nitrogen and oxygen atoms in total. The van der Waals surface area contributed by atoms with Crippen LogP contribution in [0.25, 0.3) is 0 Å². The lowest BCUT2D eigenvalue weighted by molar-refractivity contribution is -0.176. The number of amides is 2. The van der Waals surface area contributed by atoms with Crippen LogP contribution in [-0.4, -0.2) is 47.0 Å². The number of morpholine rings is 1. The van der Waals surface area contributed by atoms with E-state index in [1.165, 1.54) is 6.42 Å². The minimum absolute atomic E-state index is 0.0387. The molecule has 3 fully saturated rings. The monoisotopic (exact) mass is 322 g/mol. The number of carbonyl (C=O) groups is 2. The molecule has 3 unspecified atom stereocenters. The molecule has 0 aromatic rings. The first-order valence-corrected chi connectivity index (χ1v) is 8.94. The minimum atomic E-state index is -0.325. The number of rotatable bonds is 1. The van der Waals surface area contributed by atoms with Crippen LogP contribution in [0.4, 0.5) is 0 Å². The van der Waals surface area contributed by atoms with E-state index in [4.69, 9.17) is 4.74 Å². The predicted molar refractivity (Wildman–Crippen MR) is 87.8 cm³/mol. The summed E-state index contributed by atoms with van der Waals surface area (Å²) in [5.41, 5.74) is -0.640. The lowest BCUT2D eigenvalue weighted by atomic mass is 9.71. The summed E-state index contributed by atoms with van der Waals surface area (Å²) in [5, 5.41) is 3.11. The third-order valence-electron chi connectivity index (χ3n) is 5.76. The summed E-state index contributed by atoms with van der Waals surface area (Å²) in [7, 11) is 0. The molecule has 2 aliphatic heterocycles. The van der Waals surface area contributed by atoms with E-state index >= 15 is 0 Å². The maximum absolute atomic E-state index is 13.3. The molecule has 2 saturated heterocycles. The van der Waals surface area contributed by atoms with Crippen molar-refractivity contribution in [3.63, 3.8) is 0 Å². The highest BCUT2D eigenvalue weighted by Gasteiger charge is 2.48. The maximum atomic E-state index is 13.3. The van der Waals surface area contributed by atoms with Crippen molar-refractivity contribution in [1.29, 1.82) is 0 Å². The summed E-state index contributed by atoms with van der Waals surface area (Å²) in [4.78, 5) is 27.4. The largest absolute Gasteiger partial charge is 0.371 e. The van der Waals surface area contributed by atoms with Crippen LogP contribution in [0.3, 0.4) is 0 Å². The van der Waals surface area contributed by atoms with E-state index < -0.39 is 0 Å². The summed E-state index contributed by atoms with van der Waals surface area (Å²) in [5.74, 6) is 0.327. The second-order valence-corrected chi connectivity index (χ2v) is 8.72. The number of nitrogens with one attached hydrogen (secondary N) is 1. The number of fused-ring (bicyclic) bond motifs is 1. The molecule has 1 aliphatic carbocycles. The summed E-state index contributed by atoms with van der Waals surface area (Å²) >= 11 is 0. The first-order valence-electron chi connectivity index (χ1n) is 8.94. The third-order valence-corrected chi connectivity index (χ3v) is 5.76. The van der Waals surface area contributed by atoms with Gasteiger partial charge in [-0.05, 0) is 46.5 Å². The molecule has 3 atom stereocenters. The fourth-order valence-electron chi connectivity index (χ4n) is 4.37. The van der Waals surface area contributed by atoms with E-state index in [1.807, 2.05) is 18.7 Å². The molecule has 0 radical (unpaired) electrons. The molecule has 1 saturated carbocycles. The van der Waals surface area contributed by atoms with E-state index in [2.05, 4.69) is 19.2 Å². The Morgan fingerprint density at radius 3 is 2.65 bits per heavy atom. The Bertz CT molecular complexity index is 500. The van der Waals surface area contributed by atoms with Crippen molar-refractivity contribution in [3.8, 4) is 0 Å². The Labute approximate surface area is 139 Å². The molecular weight excluding hydrogens is 292 g/mol. The van der Waals surface area contributed by atoms with Crippen LogP contribution in [0, 0.1) is 11.8 Å². The van der Waals surface area contributed by atoms with Crippen molar-refractivity contribution in [2.75, 3.05) is 13.2 Å². The van der Waals surface area contributed by atoms with Gasteiger partial charge in [-0.25, -0.2) is 0 Å². The first-order chi connectivity index (χ1) is 10.7. The number of nitrogens with zero attached hydrogens (tertiary/aromatic N) is 1. The molecule has 3 aliphatic rings. The Balaban J connectivity index is 1.83. The lowest BCUT2D eigenvalue weighted by Crippen LogP contribution is -2.64. The van der Waals surface area contributed by atoms with Gasteiger partial charge < -0.3 is 15.0 Å². The van der Waals surface area contributed by atoms with E-state index in [9.17, 15) is 9.59 Å². The van der Waals surface area contributed by atoms with Gasteiger partial charge in [0.15, 0.2) is 0 Å². The molecule has 1 N–H and O–H groups in total. The zero-order valence-electron chi connectivity index (χ0n) is 14.9. The molecule has 0 spiro atoms. The number of carbonyl (C=O) groups excluding carboxylic acids is 2. The molecule has 23 heavy (non-hydrogen) atoms. The van der Waals surface area contributed by atoms with Crippen LogP contribution < -0.4 is 5.32 Å². The predicted octanol–water partition coefficient (Wildman–Crippen LogP) is 2.10. The van der Waals surface area contributed by atoms with Gasteiger partial charge in [0.25, 0.3) is 0 Å². The summed E-state index contributed by atoms with van der Waals surface area (Å²) < 4.78 is 5.90. The van der Waals surface area contributed by atoms with Crippen LogP contribution in [0.5, 0.6) is 0 Å². The highest BCUT2D eigenvalue weighted by Crippen LogP contribution is 2.38. The van der Waals surface area contributed by atoms with Crippen LogP contribution >= 0.6 is 0 Å². The third kappa shape index (κ3) is 3.25. The first kappa shape index (κ1) is 16.7. The normalized spacial score (nSPS) is 36.1. The van der Waals surface area contributed by atoms with Crippen molar-refractivity contribution in [2.45, 2.75) is 77.0 Å².